The molecule has 2 aromatic carbocycles. The van der Waals surface area contributed by atoms with Gasteiger partial charge in [-0.1, -0.05) is 17.7 Å². The number of hydrogen-bond donors (Lipinski definition) is 0. The molecule has 3 rings (SSSR count). The molecular formula is C19H17N3O6. The van der Waals surface area contributed by atoms with Crippen LogP contribution in [0.4, 0.5) is 5.69 Å². The van der Waals surface area contributed by atoms with Crippen molar-refractivity contribution < 1.29 is 23.6 Å². The molecule has 0 aliphatic heterocycles. The summed E-state index contributed by atoms with van der Waals surface area (Å²) in [6, 6.07) is 11.2. The Labute approximate surface area is 160 Å². The van der Waals surface area contributed by atoms with Crippen LogP contribution in [0.1, 0.15) is 34.8 Å². The van der Waals surface area contributed by atoms with Crippen LogP contribution in [0.15, 0.2) is 46.9 Å². The molecule has 0 saturated heterocycles. The molecule has 0 aliphatic carbocycles. The summed E-state index contributed by atoms with van der Waals surface area (Å²) >= 11 is 0. The zero-order valence-electron chi connectivity index (χ0n) is 15.4. The molecule has 0 radical (unpaired) electrons. The summed E-state index contributed by atoms with van der Waals surface area (Å²) < 4.78 is 16.0. The van der Waals surface area contributed by atoms with Crippen molar-refractivity contribution in [1.29, 1.82) is 0 Å². The Morgan fingerprint density at radius 2 is 1.89 bits per heavy atom. The van der Waals surface area contributed by atoms with Crippen molar-refractivity contribution in [3.8, 4) is 17.2 Å². The first-order valence-corrected chi connectivity index (χ1v) is 8.33. The van der Waals surface area contributed by atoms with Gasteiger partial charge in [0, 0.05) is 17.7 Å². The van der Waals surface area contributed by atoms with E-state index in [0.29, 0.717) is 5.89 Å². The Morgan fingerprint density at radius 3 is 2.54 bits per heavy atom. The number of aromatic nitrogens is 2. The first-order chi connectivity index (χ1) is 13.4. The van der Waals surface area contributed by atoms with Gasteiger partial charge in [0.25, 0.3) is 11.6 Å². The van der Waals surface area contributed by atoms with E-state index in [1.807, 2.05) is 31.2 Å². The second kappa shape index (κ2) is 7.87. The van der Waals surface area contributed by atoms with Crippen molar-refractivity contribution >= 4 is 11.7 Å². The molecule has 1 aromatic heterocycles. The molecule has 0 fully saturated rings. The van der Waals surface area contributed by atoms with E-state index >= 15 is 0 Å². The third kappa shape index (κ3) is 3.98. The summed E-state index contributed by atoms with van der Waals surface area (Å²) in [5, 5.41) is 18.8. The average Bonchev–Trinajstić information content (AvgIpc) is 3.18. The molecule has 9 heteroatoms. The quantitative estimate of drug-likeness (QED) is 0.357. The molecule has 0 bridgehead atoms. The number of rotatable bonds is 6. The van der Waals surface area contributed by atoms with Crippen LogP contribution in [0.3, 0.4) is 0 Å². The lowest BCUT2D eigenvalue weighted by molar-refractivity contribution is -0.384. The van der Waals surface area contributed by atoms with Crippen molar-refractivity contribution in [1.82, 2.24) is 10.2 Å². The number of benzene rings is 2. The highest BCUT2D eigenvalue weighted by Gasteiger charge is 2.24. The second-order valence-corrected chi connectivity index (χ2v) is 6.00. The number of carbonyl (C=O) groups excluding carboxylic acids is 1. The van der Waals surface area contributed by atoms with E-state index in [2.05, 4.69) is 10.2 Å². The number of hydrogen-bond acceptors (Lipinski definition) is 8. The van der Waals surface area contributed by atoms with Crippen LogP contribution in [-0.4, -0.2) is 28.2 Å². The minimum Gasteiger partial charge on any atom is -0.496 e. The van der Waals surface area contributed by atoms with Crippen LogP contribution in [0.25, 0.3) is 11.5 Å². The fraction of sp³-hybridized carbons (Fsp3) is 0.211. The highest BCUT2D eigenvalue weighted by molar-refractivity contribution is 5.93. The number of aryl methyl sites for hydroxylation is 1. The lowest BCUT2D eigenvalue weighted by Gasteiger charge is -2.11. The van der Waals surface area contributed by atoms with E-state index in [1.54, 1.807) is 6.92 Å². The molecule has 28 heavy (non-hydrogen) atoms. The molecule has 144 valence electrons. The number of carbonyl (C=O) groups is 1. The van der Waals surface area contributed by atoms with Gasteiger partial charge in [-0.2, -0.15) is 0 Å². The Kier molecular flexibility index (Phi) is 5.35. The van der Waals surface area contributed by atoms with Crippen LogP contribution >= 0.6 is 0 Å². The normalized spacial score (nSPS) is 11.7. The van der Waals surface area contributed by atoms with Gasteiger partial charge in [-0.3, -0.25) is 10.1 Å². The van der Waals surface area contributed by atoms with E-state index in [4.69, 9.17) is 13.9 Å². The minimum absolute atomic E-state index is 0.0678. The molecule has 0 N–H and O–H groups in total. The van der Waals surface area contributed by atoms with Crippen LogP contribution in [0, 0.1) is 17.0 Å². The number of methoxy groups -OCH3 is 1. The molecular weight excluding hydrogens is 366 g/mol. The molecule has 1 heterocycles. The van der Waals surface area contributed by atoms with Gasteiger partial charge in [0.05, 0.1) is 12.0 Å². The molecule has 0 aliphatic rings. The van der Waals surface area contributed by atoms with Crippen LogP contribution in [0.5, 0.6) is 5.75 Å². The number of nitrogens with zero attached hydrogens (tertiary/aromatic N) is 3. The Balaban J connectivity index is 1.79. The number of nitro benzene ring substituents is 1. The Hall–Kier alpha value is -3.75. The maximum Gasteiger partial charge on any atom is 0.342 e. The summed E-state index contributed by atoms with van der Waals surface area (Å²) in [6.45, 7) is 3.53. The largest absolute Gasteiger partial charge is 0.496 e. The number of esters is 1. The summed E-state index contributed by atoms with van der Waals surface area (Å²) in [5.74, 6) is -0.240. The first kappa shape index (κ1) is 19.0. The number of non-ortho nitro benzene ring substituents is 1. The molecule has 0 spiro atoms. The van der Waals surface area contributed by atoms with Gasteiger partial charge >= 0.3 is 5.97 Å². The van der Waals surface area contributed by atoms with Gasteiger partial charge in [0.1, 0.15) is 11.3 Å². The van der Waals surface area contributed by atoms with E-state index < -0.39 is 17.0 Å². The fourth-order valence-corrected chi connectivity index (χ4v) is 2.46. The van der Waals surface area contributed by atoms with Crippen molar-refractivity contribution in [3.63, 3.8) is 0 Å². The third-order valence-electron chi connectivity index (χ3n) is 3.98. The predicted octanol–water partition coefficient (Wildman–Crippen LogP) is 3.88. The third-order valence-corrected chi connectivity index (χ3v) is 3.98. The van der Waals surface area contributed by atoms with E-state index in [9.17, 15) is 14.9 Å². The second-order valence-electron chi connectivity index (χ2n) is 6.00. The minimum atomic E-state index is -0.858. The Morgan fingerprint density at radius 1 is 1.18 bits per heavy atom. The van der Waals surface area contributed by atoms with Crippen molar-refractivity contribution in [2.75, 3.05) is 7.11 Å². The molecule has 0 saturated carbocycles. The average molecular weight is 383 g/mol. The fourth-order valence-electron chi connectivity index (χ4n) is 2.46. The topological polar surface area (TPSA) is 118 Å². The molecule has 3 aromatic rings. The lowest BCUT2D eigenvalue weighted by Crippen LogP contribution is -2.11. The number of ether oxygens (including phenoxy) is 2. The van der Waals surface area contributed by atoms with Crippen LogP contribution < -0.4 is 4.74 Å². The maximum atomic E-state index is 12.5. The van der Waals surface area contributed by atoms with Crippen LogP contribution in [0.2, 0.25) is 0 Å². The van der Waals surface area contributed by atoms with Gasteiger partial charge in [0.15, 0.2) is 6.10 Å². The summed E-state index contributed by atoms with van der Waals surface area (Å²) in [5.41, 5.74) is 1.52. The van der Waals surface area contributed by atoms with Crippen molar-refractivity contribution in [3.05, 3.63) is 69.6 Å². The van der Waals surface area contributed by atoms with Gasteiger partial charge in [0.2, 0.25) is 5.89 Å². The van der Waals surface area contributed by atoms with Crippen LogP contribution in [-0.2, 0) is 4.74 Å². The summed E-state index contributed by atoms with van der Waals surface area (Å²) in [7, 11) is 1.35. The predicted molar refractivity (Wildman–Crippen MR) is 97.9 cm³/mol. The zero-order chi connectivity index (χ0) is 20.3. The monoisotopic (exact) mass is 383 g/mol. The summed E-state index contributed by atoms with van der Waals surface area (Å²) in [4.78, 5) is 22.8. The molecule has 0 unspecified atom stereocenters. The highest BCUT2D eigenvalue weighted by Crippen LogP contribution is 2.28. The standard InChI is InChI=1S/C19H17N3O6/c1-11-4-6-13(7-5-11)18-21-20-17(28-18)12(2)27-19(23)15-10-14(22(24)25)8-9-16(15)26-3/h4-10,12H,1-3H3/t12-/m1/s1. The van der Waals surface area contributed by atoms with E-state index in [-0.39, 0.29) is 22.9 Å². The lowest BCUT2D eigenvalue weighted by atomic mass is 10.1. The van der Waals surface area contributed by atoms with Gasteiger partial charge < -0.3 is 13.9 Å². The van der Waals surface area contributed by atoms with Gasteiger partial charge in [-0.25, -0.2) is 4.79 Å². The van der Waals surface area contributed by atoms with Crippen molar-refractivity contribution in [2.24, 2.45) is 0 Å². The highest BCUT2D eigenvalue weighted by atomic mass is 16.6. The van der Waals surface area contributed by atoms with Crippen molar-refractivity contribution in [2.45, 2.75) is 20.0 Å². The smallest absolute Gasteiger partial charge is 0.342 e. The van der Waals surface area contributed by atoms with E-state index in [0.717, 1.165) is 17.2 Å². The SMILES string of the molecule is COc1ccc([N+](=O)[O-])cc1C(=O)O[C@H](C)c1nnc(-c2ccc(C)cc2)o1. The Bertz CT molecular complexity index is 1010. The van der Waals surface area contributed by atoms with Gasteiger partial charge in [-0.05, 0) is 32.0 Å². The molecule has 9 nitrogen and oxygen atoms in total. The van der Waals surface area contributed by atoms with Gasteiger partial charge in [-0.15, -0.1) is 10.2 Å². The zero-order valence-corrected chi connectivity index (χ0v) is 15.4. The molecule has 0 amide bonds. The maximum absolute atomic E-state index is 12.5. The first-order valence-electron chi connectivity index (χ1n) is 8.33. The van der Waals surface area contributed by atoms with E-state index in [1.165, 1.54) is 19.2 Å². The molecule has 1 atom stereocenters. The number of nitro groups is 1. The summed E-state index contributed by atoms with van der Waals surface area (Å²) in [6.07, 6.45) is -0.858.